The first-order valence-electron chi connectivity index (χ1n) is 5.69. The average molecular weight is 198 g/mol. The summed E-state index contributed by atoms with van der Waals surface area (Å²) in [6, 6.07) is 0.341. The van der Waals surface area contributed by atoms with Crippen LogP contribution in [0.25, 0.3) is 0 Å². The molecule has 1 aliphatic carbocycles. The van der Waals surface area contributed by atoms with Crippen LogP contribution in [0.3, 0.4) is 0 Å². The van der Waals surface area contributed by atoms with Crippen molar-refractivity contribution >= 4 is 5.91 Å². The number of hydrogen-bond donors (Lipinski definition) is 2. The highest BCUT2D eigenvalue weighted by Gasteiger charge is 2.30. The first kappa shape index (κ1) is 11.5. The normalized spacial score (nSPS) is 20.2. The maximum absolute atomic E-state index is 11.7. The highest BCUT2D eigenvalue weighted by Crippen LogP contribution is 2.32. The molecule has 0 aromatic rings. The first-order valence-corrected chi connectivity index (χ1v) is 5.69. The Balaban J connectivity index is 2.29. The fourth-order valence-electron chi connectivity index (χ4n) is 1.76. The lowest BCUT2D eigenvalue weighted by atomic mass is 10.0. The number of nitrogens with one attached hydrogen (secondary N) is 1. The molecule has 1 rings (SSSR count). The number of amides is 1. The van der Waals surface area contributed by atoms with E-state index in [0.29, 0.717) is 12.6 Å². The molecule has 0 aliphatic heterocycles. The predicted octanol–water partition coefficient (Wildman–Crippen LogP) is 1.28. The molecule has 1 saturated carbocycles. The Bertz CT molecular complexity index is 190. The molecule has 82 valence electrons. The smallest absolute Gasteiger partial charge is 0.224 e. The Kier molecular flexibility index (Phi) is 4.39. The van der Waals surface area contributed by atoms with E-state index in [9.17, 15) is 4.79 Å². The summed E-state index contributed by atoms with van der Waals surface area (Å²) in [5.41, 5.74) is 5.57. The van der Waals surface area contributed by atoms with Gasteiger partial charge in [0.2, 0.25) is 5.91 Å². The molecule has 14 heavy (non-hydrogen) atoms. The van der Waals surface area contributed by atoms with Gasteiger partial charge in [-0.25, -0.2) is 0 Å². The van der Waals surface area contributed by atoms with Gasteiger partial charge in [-0.1, -0.05) is 13.3 Å². The quantitative estimate of drug-likeness (QED) is 0.675. The molecule has 3 N–H and O–H groups in total. The minimum atomic E-state index is 0.0150. The minimum Gasteiger partial charge on any atom is -0.353 e. The van der Waals surface area contributed by atoms with E-state index >= 15 is 0 Å². The second-order valence-corrected chi connectivity index (χ2v) is 4.36. The number of carbonyl (C=O) groups is 1. The molecule has 1 aliphatic rings. The molecule has 0 spiro atoms. The summed E-state index contributed by atoms with van der Waals surface area (Å²) in [7, 11) is 0. The zero-order chi connectivity index (χ0) is 10.6. The predicted molar refractivity (Wildman–Crippen MR) is 57.8 cm³/mol. The van der Waals surface area contributed by atoms with E-state index in [-0.39, 0.29) is 11.8 Å². The molecular formula is C11H22N2O. The lowest BCUT2D eigenvalue weighted by Crippen LogP contribution is -2.40. The van der Waals surface area contributed by atoms with Crippen LogP contribution >= 0.6 is 0 Å². The van der Waals surface area contributed by atoms with E-state index in [1.807, 2.05) is 0 Å². The molecule has 2 atom stereocenters. The van der Waals surface area contributed by atoms with Crippen molar-refractivity contribution in [3.8, 4) is 0 Å². The lowest BCUT2D eigenvalue weighted by molar-refractivity contribution is -0.125. The van der Waals surface area contributed by atoms with Crippen LogP contribution < -0.4 is 11.1 Å². The van der Waals surface area contributed by atoms with Gasteiger partial charge in [-0.2, -0.15) is 0 Å². The van der Waals surface area contributed by atoms with E-state index in [1.165, 1.54) is 12.8 Å². The average Bonchev–Trinajstić information content (AvgIpc) is 2.96. The van der Waals surface area contributed by atoms with Gasteiger partial charge in [-0.05, 0) is 32.1 Å². The van der Waals surface area contributed by atoms with Crippen molar-refractivity contribution < 1.29 is 4.79 Å². The zero-order valence-corrected chi connectivity index (χ0v) is 9.25. The molecule has 3 heteroatoms. The molecule has 0 aromatic heterocycles. The third-order valence-electron chi connectivity index (χ3n) is 2.99. The van der Waals surface area contributed by atoms with Crippen molar-refractivity contribution in [2.24, 2.45) is 17.6 Å². The van der Waals surface area contributed by atoms with Gasteiger partial charge in [0.15, 0.2) is 0 Å². The number of carbonyl (C=O) groups excluding carboxylic acids is 1. The molecular weight excluding hydrogens is 176 g/mol. The van der Waals surface area contributed by atoms with E-state index in [4.69, 9.17) is 5.73 Å². The van der Waals surface area contributed by atoms with Crippen LogP contribution in [0, 0.1) is 11.8 Å². The largest absolute Gasteiger partial charge is 0.353 e. The van der Waals surface area contributed by atoms with Gasteiger partial charge in [-0.15, -0.1) is 0 Å². The summed E-state index contributed by atoms with van der Waals surface area (Å²) in [6.45, 7) is 4.65. The summed E-state index contributed by atoms with van der Waals surface area (Å²) >= 11 is 0. The molecule has 1 amide bonds. The van der Waals surface area contributed by atoms with Crippen molar-refractivity contribution in [1.29, 1.82) is 0 Å². The summed E-state index contributed by atoms with van der Waals surface area (Å²) in [4.78, 5) is 11.7. The summed E-state index contributed by atoms with van der Waals surface area (Å²) in [6.07, 6.45) is 4.46. The third kappa shape index (κ3) is 3.29. The van der Waals surface area contributed by atoms with Gasteiger partial charge in [0.25, 0.3) is 0 Å². The Morgan fingerprint density at radius 2 is 2.21 bits per heavy atom. The monoisotopic (exact) mass is 198 g/mol. The van der Waals surface area contributed by atoms with Crippen molar-refractivity contribution in [3.63, 3.8) is 0 Å². The van der Waals surface area contributed by atoms with Gasteiger partial charge < -0.3 is 11.1 Å². The number of nitrogens with two attached hydrogens (primary N) is 1. The van der Waals surface area contributed by atoms with Gasteiger partial charge in [-0.3, -0.25) is 4.79 Å². The minimum absolute atomic E-state index is 0.0150. The van der Waals surface area contributed by atoms with E-state index in [1.54, 1.807) is 0 Å². The van der Waals surface area contributed by atoms with Crippen LogP contribution in [-0.2, 0) is 4.79 Å². The fraction of sp³-hybridized carbons (Fsp3) is 0.909. The van der Waals surface area contributed by atoms with Crippen molar-refractivity contribution in [3.05, 3.63) is 0 Å². The Hall–Kier alpha value is -0.570. The molecule has 3 nitrogen and oxygen atoms in total. The zero-order valence-electron chi connectivity index (χ0n) is 9.25. The second-order valence-electron chi connectivity index (χ2n) is 4.36. The van der Waals surface area contributed by atoms with Gasteiger partial charge in [0.1, 0.15) is 0 Å². The van der Waals surface area contributed by atoms with Gasteiger partial charge in [0.05, 0.1) is 5.92 Å². The molecule has 0 bridgehead atoms. The van der Waals surface area contributed by atoms with Crippen molar-refractivity contribution in [2.45, 2.75) is 45.6 Å². The molecule has 1 fully saturated rings. The highest BCUT2D eigenvalue weighted by atomic mass is 16.1. The molecule has 0 aromatic carbocycles. The van der Waals surface area contributed by atoms with Crippen LogP contribution in [0.4, 0.5) is 0 Å². The number of rotatable bonds is 6. The Labute approximate surface area is 86.4 Å². The van der Waals surface area contributed by atoms with Crippen LogP contribution in [-0.4, -0.2) is 18.5 Å². The maximum atomic E-state index is 11.7. The third-order valence-corrected chi connectivity index (χ3v) is 2.99. The summed E-state index contributed by atoms with van der Waals surface area (Å²) in [5, 5.41) is 3.06. The van der Waals surface area contributed by atoms with Crippen LogP contribution in [0.15, 0.2) is 0 Å². The fourth-order valence-corrected chi connectivity index (χ4v) is 1.76. The molecule has 2 unspecified atom stereocenters. The second kappa shape index (κ2) is 5.35. The molecule has 0 heterocycles. The number of hydrogen-bond acceptors (Lipinski definition) is 2. The maximum Gasteiger partial charge on any atom is 0.224 e. The topological polar surface area (TPSA) is 55.1 Å². The summed E-state index contributed by atoms with van der Waals surface area (Å²) < 4.78 is 0. The SMILES string of the molecule is CCCC(CN)C(=O)NC(C)C1CC1. The van der Waals surface area contributed by atoms with Crippen LogP contribution in [0.5, 0.6) is 0 Å². The van der Waals surface area contributed by atoms with E-state index < -0.39 is 0 Å². The molecule has 0 saturated heterocycles. The van der Waals surface area contributed by atoms with Crippen molar-refractivity contribution in [2.75, 3.05) is 6.54 Å². The van der Waals surface area contributed by atoms with Gasteiger partial charge in [0, 0.05) is 12.6 Å². The Morgan fingerprint density at radius 1 is 1.57 bits per heavy atom. The highest BCUT2D eigenvalue weighted by molar-refractivity contribution is 5.79. The van der Waals surface area contributed by atoms with Crippen molar-refractivity contribution in [1.82, 2.24) is 5.32 Å². The Morgan fingerprint density at radius 3 is 2.64 bits per heavy atom. The summed E-state index contributed by atoms with van der Waals surface area (Å²) in [5.74, 6) is 0.883. The molecule has 0 radical (unpaired) electrons. The van der Waals surface area contributed by atoms with E-state index in [2.05, 4.69) is 19.2 Å². The first-order chi connectivity index (χ1) is 6.69. The standard InChI is InChI=1S/C11H22N2O/c1-3-4-10(7-12)11(14)13-8(2)9-5-6-9/h8-10H,3-7,12H2,1-2H3,(H,13,14). The van der Waals surface area contributed by atoms with Crippen LogP contribution in [0.2, 0.25) is 0 Å². The van der Waals surface area contributed by atoms with Gasteiger partial charge >= 0.3 is 0 Å². The van der Waals surface area contributed by atoms with E-state index in [0.717, 1.165) is 18.8 Å². The lowest BCUT2D eigenvalue weighted by Gasteiger charge is -2.18. The van der Waals surface area contributed by atoms with Crippen LogP contribution in [0.1, 0.15) is 39.5 Å².